The van der Waals surface area contributed by atoms with Crippen LogP contribution in [0.4, 0.5) is 0 Å². The average molecular weight is 425 g/mol. The summed E-state index contributed by atoms with van der Waals surface area (Å²) in [6.07, 6.45) is 1.62. The summed E-state index contributed by atoms with van der Waals surface area (Å²) in [5.41, 5.74) is 3.01. The van der Waals surface area contributed by atoms with Gasteiger partial charge in [0.15, 0.2) is 0 Å². The monoisotopic (exact) mass is 424 g/mol. The van der Waals surface area contributed by atoms with Gasteiger partial charge in [-0.15, -0.1) is 0 Å². The number of sulfonamides is 1. The molecule has 2 heterocycles. The molecule has 0 radical (unpaired) electrons. The Bertz CT molecular complexity index is 1230. The molecule has 1 fully saturated rings. The van der Waals surface area contributed by atoms with Crippen LogP contribution >= 0.6 is 0 Å². The summed E-state index contributed by atoms with van der Waals surface area (Å²) in [6, 6.07) is 16.7. The zero-order valence-electron chi connectivity index (χ0n) is 16.8. The Balaban J connectivity index is 1.43. The first-order valence-electron chi connectivity index (χ1n) is 9.90. The number of rotatable bonds is 5. The van der Waals surface area contributed by atoms with Gasteiger partial charge in [-0.1, -0.05) is 42.5 Å². The van der Waals surface area contributed by atoms with Gasteiger partial charge in [0.2, 0.25) is 10.0 Å². The Hall–Kier alpha value is -2.74. The van der Waals surface area contributed by atoms with Crippen molar-refractivity contribution in [3.8, 4) is 0 Å². The molecule has 0 saturated carbocycles. The van der Waals surface area contributed by atoms with Crippen molar-refractivity contribution >= 4 is 27.1 Å². The van der Waals surface area contributed by atoms with Gasteiger partial charge in [0.1, 0.15) is 5.58 Å². The molecule has 0 N–H and O–H groups in total. The van der Waals surface area contributed by atoms with Crippen LogP contribution in [0, 0.1) is 6.92 Å². The number of benzene rings is 2. The van der Waals surface area contributed by atoms with Crippen LogP contribution in [0.3, 0.4) is 0 Å². The van der Waals surface area contributed by atoms with E-state index in [4.69, 9.17) is 4.42 Å². The van der Waals surface area contributed by atoms with Crippen molar-refractivity contribution in [1.29, 1.82) is 0 Å². The molecule has 0 bridgehead atoms. The largest absolute Gasteiger partial charge is 0.423 e. The maximum atomic E-state index is 12.6. The van der Waals surface area contributed by atoms with Crippen LogP contribution in [-0.2, 0) is 16.6 Å². The quantitative estimate of drug-likeness (QED) is 0.588. The van der Waals surface area contributed by atoms with Crippen LogP contribution in [0.5, 0.6) is 0 Å². The van der Waals surface area contributed by atoms with Crippen LogP contribution in [-0.4, -0.2) is 43.8 Å². The third-order valence-corrected chi connectivity index (χ3v) is 6.87. The molecular formula is C23H24N2O4S. The molecule has 2 aromatic carbocycles. The summed E-state index contributed by atoms with van der Waals surface area (Å²) in [5, 5.41) is 2.19. The molecule has 6 nitrogen and oxygen atoms in total. The number of hydrogen-bond donors (Lipinski definition) is 0. The summed E-state index contributed by atoms with van der Waals surface area (Å²) in [4.78, 5) is 14.1. The predicted octanol–water partition coefficient (Wildman–Crippen LogP) is 3.22. The molecule has 0 aliphatic carbocycles. The molecule has 4 rings (SSSR count). The van der Waals surface area contributed by atoms with Crippen molar-refractivity contribution < 1.29 is 12.8 Å². The molecule has 7 heteroatoms. The van der Waals surface area contributed by atoms with Crippen LogP contribution in [0.25, 0.3) is 17.0 Å². The molecule has 0 unspecified atom stereocenters. The van der Waals surface area contributed by atoms with Crippen LogP contribution < -0.4 is 5.63 Å². The van der Waals surface area contributed by atoms with E-state index in [9.17, 15) is 13.2 Å². The minimum Gasteiger partial charge on any atom is -0.423 e. The fraction of sp³-hybridized carbons (Fsp3) is 0.261. The number of piperazine rings is 1. The fourth-order valence-corrected chi connectivity index (χ4v) is 4.84. The third kappa shape index (κ3) is 4.70. The Kier molecular flexibility index (Phi) is 5.85. The second-order valence-electron chi connectivity index (χ2n) is 7.52. The van der Waals surface area contributed by atoms with Gasteiger partial charge in [-0.3, -0.25) is 4.90 Å². The van der Waals surface area contributed by atoms with E-state index in [2.05, 4.69) is 4.90 Å². The highest BCUT2D eigenvalue weighted by molar-refractivity contribution is 7.92. The van der Waals surface area contributed by atoms with E-state index in [0.717, 1.165) is 22.1 Å². The number of aryl methyl sites for hydroxylation is 1. The van der Waals surface area contributed by atoms with Gasteiger partial charge < -0.3 is 4.42 Å². The van der Waals surface area contributed by atoms with E-state index in [1.165, 1.54) is 15.8 Å². The van der Waals surface area contributed by atoms with E-state index in [1.54, 1.807) is 6.08 Å². The summed E-state index contributed by atoms with van der Waals surface area (Å²) < 4.78 is 32.1. The van der Waals surface area contributed by atoms with Gasteiger partial charge in [0.05, 0.1) is 0 Å². The molecule has 0 spiro atoms. The fourth-order valence-electron chi connectivity index (χ4n) is 3.67. The highest BCUT2D eigenvalue weighted by Gasteiger charge is 2.25. The maximum absolute atomic E-state index is 12.6. The van der Waals surface area contributed by atoms with E-state index in [1.807, 2.05) is 55.5 Å². The Morgan fingerprint density at radius 1 is 1.00 bits per heavy atom. The maximum Gasteiger partial charge on any atom is 0.336 e. The van der Waals surface area contributed by atoms with Crippen LogP contribution in [0.1, 0.15) is 16.7 Å². The first-order valence-corrected chi connectivity index (χ1v) is 11.4. The standard InChI is InChI=1S/C23H24N2O4S/c1-18-7-8-21-20(16-23(26)29-22(21)15-18)17-24-10-12-25(13-11-24)30(27,28)14-9-19-5-3-2-4-6-19/h2-9,14-16H,10-13,17H2,1H3. The van der Waals surface area contributed by atoms with Crippen molar-refractivity contribution in [3.63, 3.8) is 0 Å². The molecule has 0 atom stereocenters. The predicted molar refractivity (Wildman–Crippen MR) is 118 cm³/mol. The Labute approximate surface area is 176 Å². The SMILES string of the molecule is Cc1ccc2c(CN3CCN(S(=O)(=O)C=Cc4ccccc4)CC3)cc(=O)oc2c1. The molecule has 1 aliphatic heterocycles. The normalized spacial score (nSPS) is 16.4. The van der Waals surface area contributed by atoms with Crippen molar-refractivity contribution in [3.05, 3.63) is 87.1 Å². The zero-order chi connectivity index (χ0) is 21.1. The topological polar surface area (TPSA) is 70.8 Å². The number of nitrogens with zero attached hydrogens (tertiary/aromatic N) is 2. The van der Waals surface area contributed by atoms with Gasteiger partial charge >= 0.3 is 5.63 Å². The zero-order valence-corrected chi connectivity index (χ0v) is 17.6. The molecule has 1 saturated heterocycles. The second-order valence-corrected chi connectivity index (χ2v) is 9.34. The molecule has 0 amide bonds. The molecule has 1 aromatic heterocycles. The average Bonchev–Trinajstić information content (AvgIpc) is 2.73. The van der Waals surface area contributed by atoms with Crippen LogP contribution in [0.15, 0.2) is 69.2 Å². The van der Waals surface area contributed by atoms with Gasteiger partial charge in [-0.2, -0.15) is 4.31 Å². The number of fused-ring (bicyclic) bond motifs is 1. The molecule has 3 aromatic rings. The first-order chi connectivity index (χ1) is 14.4. The highest BCUT2D eigenvalue weighted by Crippen LogP contribution is 2.21. The van der Waals surface area contributed by atoms with E-state index < -0.39 is 10.0 Å². The first kappa shape index (κ1) is 20.5. The summed E-state index contributed by atoms with van der Waals surface area (Å²) >= 11 is 0. The van der Waals surface area contributed by atoms with E-state index in [0.29, 0.717) is 38.3 Å². The second kappa shape index (κ2) is 8.55. The van der Waals surface area contributed by atoms with E-state index >= 15 is 0 Å². The smallest absolute Gasteiger partial charge is 0.336 e. The van der Waals surface area contributed by atoms with E-state index in [-0.39, 0.29) is 5.63 Å². The minimum atomic E-state index is -3.46. The summed E-state index contributed by atoms with van der Waals surface area (Å²) in [5.74, 6) is 0. The number of hydrogen-bond acceptors (Lipinski definition) is 5. The van der Waals surface area contributed by atoms with Crippen LogP contribution in [0.2, 0.25) is 0 Å². The minimum absolute atomic E-state index is 0.365. The molecule has 156 valence electrons. The van der Waals surface area contributed by atoms with Crippen molar-refractivity contribution in [2.24, 2.45) is 0 Å². The lowest BCUT2D eigenvalue weighted by atomic mass is 10.1. The Morgan fingerprint density at radius 3 is 2.47 bits per heavy atom. The van der Waals surface area contributed by atoms with Crippen molar-refractivity contribution in [2.75, 3.05) is 26.2 Å². The van der Waals surface area contributed by atoms with Gasteiger partial charge in [0, 0.05) is 49.6 Å². The molecule has 30 heavy (non-hydrogen) atoms. The van der Waals surface area contributed by atoms with Gasteiger partial charge in [0.25, 0.3) is 0 Å². The molecule has 1 aliphatic rings. The summed E-state index contributed by atoms with van der Waals surface area (Å²) in [6.45, 7) is 4.58. The van der Waals surface area contributed by atoms with Crippen molar-refractivity contribution in [2.45, 2.75) is 13.5 Å². The third-order valence-electron chi connectivity index (χ3n) is 5.30. The lowest BCUT2D eigenvalue weighted by molar-refractivity contribution is 0.183. The Morgan fingerprint density at radius 2 is 1.73 bits per heavy atom. The lowest BCUT2D eigenvalue weighted by Crippen LogP contribution is -2.47. The van der Waals surface area contributed by atoms with Gasteiger partial charge in [-0.25, -0.2) is 13.2 Å². The van der Waals surface area contributed by atoms with Crippen molar-refractivity contribution in [1.82, 2.24) is 9.21 Å². The lowest BCUT2D eigenvalue weighted by Gasteiger charge is -2.33. The highest BCUT2D eigenvalue weighted by atomic mass is 32.2. The molecular weight excluding hydrogens is 400 g/mol. The van der Waals surface area contributed by atoms with Gasteiger partial charge in [-0.05, 0) is 35.8 Å². The summed E-state index contributed by atoms with van der Waals surface area (Å²) in [7, 11) is -3.46.